The fourth-order valence-corrected chi connectivity index (χ4v) is 3.49. The molecule has 2 aromatic heterocycles. The van der Waals surface area contributed by atoms with Crippen molar-refractivity contribution in [1.29, 1.82) is 0 Å². The summed E-state index contributed by atoms with van der Waals surface area (Å²) in [5.74, 6) is 0.572. The molecule has 1 amide bonds. The molecule has 0 saturated carbocycles. The van der Waals surface area contributed by atoms with E-state index in [1.54, 1.807) is 42.3 Å². The maximum atomic E-state index is 13.0. The van der Waals surface area contributed by atoms with E-state index in [2.05, 4.69) is 11.9 Å². The first-order chi connectivity index (χ1) is 13.4. The van der Waals surface area contributed by atoms with Gasteiger partial charge in [0, 0.05) is 18.6 Å². The minimum atomic E-state index is -0.407. The Kier molecular flexibility index (Phi) is 6.19. The van der Waals surface area contributed by atoms with Crippen molar-refractivity contribution in [2.24, 2.45) is 7.05 Å². The van der Waals surface area contributed by atoms with E-state index < -0.39 is 6.04 Å². The lowest BCUT2D eigenvalue weighted by atomic mass is 10.1. The Labute approximate surface area is 168 Å². The lowest BCUT2D eigenvalue weighted by molar-refractivity contribution is 0.0643. The summed E-state index contributed by atoms with van der Waals surface area (Å²) in [7, 11) is 1.68. The summed E-state index contributed by atoms with van der Waals surface area (Å²) in [5.41, 5.74) is 0.360. The van der Waals surface area contributed by atoms with Gasteiger partial charge in [-0.3, -0.25) is 14.2 Å². The number of hydrogen-bond acceptors (Lipinski definition) is 4. The van der Waals surface area contributed by atoms with Gasteiger partial charge in [0.1, 0.15) is 5.82 Å². The molecule has 148 valence electrons. The van der Waals surface area contributed by atoms with Gasteiger partial charge < -0.3 is 9.32 Å². The third kappa shape index (κ3) is 3.97. The molecule has 0 fully saturated rings. The van der Waals surface area contributed by atoms with Crippen LogP contribution in [0, 0.1) is 0 Å². The van der Waals surface area contributed by atoms with Gasteiger partial charge in [0.2, 0.25) is 0 Å². The molecule has 2 heterocycles. The van der Waals surface area contributed by atoms with E-state index in [4.69, 9.17) is 16.0 Å². The first-order valence-corrected chi connectivity index (χ1v) is 9.82. The van der Waals surface area contributed by atoms with E-state index >= 15 is 0 Å². The minimum Gasteiger partial charge on any atom is -0.459 e. The van der Waals surface area contributed by atoms with E-state index in [9.17, 15) is 9.59 Å². The topological polar surface area (TPSA) is 68.3 Å². The molecule has 0 spiro atoms. The van der Waals surface area contributed by atoms with Gasteiger partial charge in [0.15, 0.2) is 5.76 Å². The van der Waals surface area contributed by atoms with Crippen LogP contribution in [0.1, 0.15) is 55.5 Å². The number of unbranched alkanes of at least 4 members (excludes halogenated alkanes) is 2. The Morgan fingerprint density at radius 1 is 1.32 bits per heavy atom. The molecular weight excluding hydrogens is 378 g/mol. The molecule has 0 N–H and O–H groups in total. The Hall–Kier alpha value is -2.60. The maximum Gasteiger partial charge on any atom is 0.290 e. The highest BCUT2D eigenvalue weighted by molar-refractivity contribution is 6.31. The molecule has 1 unspecified atom stereocenters. The normalized spacial score (nSPS) is 12.3. The predicted molar refractivity (Wildman–Crippen MR) is 110 cm³/mol. The van der Waals surface area contributed by atoms with Crippen LogP contribution in [0.5, 0.6) is 0 Å². The lowest BCUT2D eigenvalue weighted by Crippen LogP contribution is -2.37. The van der Waals surface area contributed by atoms with Crippen molar-refractivity contribution in [3.05, 3.63) is 63.6 Å². The third-order valence-corrected chi connectivity index (χ3v) is 5.15. The van der Waals surface area contributed by atoms with Gasteiger partial charge in [-0.05, 0) is 43.7 Å². The SMILES string of the molecule is CCCCCN(C(=O)c1ccco1)C(C)c1nc2cc(Cl)ccc2c(=O)n1C. The van der Waals surface area contributed by atoms with Gasteiger partial charge in [-0.2, -0.15) is 0 Å². The van der Waals surface area contributed by atoms with Crippen molar-refractivity contribution in [3.63, 3.8) is 0 Å². The zero-order valence-electron chi connectivity index (χ0n) is 16.3. The highest BCUT2D eigenvalue weighted by Gasteiger charge is 2.27. The Bertz CT molecular complexity index is 1030. The van der Waals surface area contributed by atoms with Crippen LogP contribution in [-0.4, -0.2) is 26.9 Å². The summed E-state index contributed by atoms with van der Waals surface area (Å²) >= 11 is 6.08. The Morgan fingerprint density at radius 3 is 2.79 bits per heavy atom. The number of aromatic nitrogens is 2. The van der Waals surface area contributed by atoms with Crippen molar-refractivity contribution in [2.45, 2.75) is 39.2 Å². The summed E-state index contributed by atoms with van der Waals surface area (Å²) in [6, 6.07) is 7.95. The van der Waals surface area contributed by atoms with Crippen molar-refractivity contribution in [1.82, 2.24) is 14.5 Å². The highest BCUT2D eigenvalue weighted by Crippen LogP contribution is 2.23. The zero-order chi connectivity index (χ0) is 20.3. The number of hydrogen-bond donors (Lipinski definition) is 0. The van der Waals surface area contributed by atoms with Crippen molar-refractivity contribution in [3.8, 4) is 0 Å². The summed E-state index contributed by atoms with van der Waals surface area (Å²) in [5, 5.41) is 1.01. The van der Waals surface area contributed by atoms with Crippen LogP contribution >= 0.6 is 11.6 Å². The number of amides is 1. The second-order valence-electron chi connectivity index (χ2n) is 6.85. The highest BCUT2D eigenvalue weighted by atomic mass is 35.5. The van der Waals surface area contributed by atoms with Gasteiger partial charge >= 0.3 is 0 Å². The summed E-state index contributed by atoms with van der Waals surface area (Å²) in [6.45, 7) is 4.55. The first-order valence-electron chi connectivity index (χ1n) is 9.44. The molecule has 0 aliphatic carbocycles. The molecule has 0 saturated heterocycles. The van der Waals surface area contributed by atoms with Crippen LogP contribution in [0.4, 0.5) is 0 Å². The van der Waals surface area contributed by atoms with Crippen LogP contribution in [0.25, 0.3) is 10.9 Å². The molecule has 6 nitrogen and oxygen atoms in total. The summed E-state index contributed by atoms with van der Waals surface area (Å²) < 4.78 is 6.81. The number of fused-ring (bicyclic) bond motifs is 1. The summed E-state index contributed by atoms with van der Waals surface area (Å²) in [6.07, 6.45) is 4.39. The Balaban J connectivity index is 2.04. The second-order valence-corrected chi connectivity index (χ2v) is 7.29. The Morgan fingerprint density at radius 2 is 2.11 bits per heavy atom. The predicted octanol–water partition coefficient (Wildman–Crippen LogP) is 4.57. The molecule has 1 aromatic carbocycles. The number of halogens is 1. The van der Waals surface area contributed by atoms with Gasteiger partial charge in [0.25, 0.3) is 11.5 Å². The van der Waals surface area contributed by atoms with Crippen LogP contribution < -0.4 is 5.56 Å². The first kappa shape index (κ1) is 20.1. The van der Waals surface area contributed by atoms with E-state index in [1.807, 2.05) is 6.92 Å². The average Bonchev–Trinajstić information content (AvgIpc) is 3.22. The zero-order valence-corrected chi connectivity index (χ0v) is 17.1. The number of rotatable bonds is 7. The molecule has 7 heteroatoms. The van der Waals surface area contributed by atoms with E-state index in [0.29, 0.717) is 28.3 Å². The van der Waals surface area contributed by atoms with E-state index in [0.717, 1.165) is 19.3 Å². The monoisotopic (exact) mass is 401 g/mol. The molecule has 0 aliphatic rings. The smallest absolute Gasteiger partial charge is 0.290 e. The standard InChI is InChI=1S/C21H24ClN3O3/c1-4-5-6-11-25(21(27)18-8-7-12-28-18)14(2)19-23-17-13-15(22)9-10-16(17)20(26)24(19)3/h7-10,12-14H,4-6,11H2,1-3H3. The van der Waals surface area contributed by atoms with Crippen LogP contribution in [0.3, 0.4) is 0 Å². The maximum absolute atomic E-state index is 13.0. The minimum absolute atomic E-state index is 0.164. The molecule has 0 bridgehead atoms. The summed E-state index contributed by atoms with van der Waals surface area (Å²) in [4.78, 5) is 32.2. The van der Waals surface area contributed by atoms with E-state index in [1.165, 1.54) is 10.8 Å². The van der Waals surface area contributed by atoms with Gasteiger partial charge in [0.05, 0.1) is 23.2 Å². The lowest BCUT2D eigenvalue weighted by Gasteiger charge is -2.29. The van der Waals surface area contributed by atoms with Gasteiger partial charge in [-0.15, -0.1) is 0 Å². The number of furan rings is 1. The van der Waals surface area contributed by atoms with E-state index in [-0.39, 0.29) is 17.2 Å². The van der Waals surface area contributed by atoms with Crippen LogP contribution in [0.2, 0.25) is 5.02 Å². The van der Waals surface area contributed by atoms with Gasteiger partial charge in [-0.1, -0.05) is 31.4 Å². The molecule has 0 aliphatic heterocycles. The van der Waals surface area contributed by atoms with Crippen molar-refractivity contribution >= 4 is 28.4 Å². The molecule has 0 radical (unpaired) electrons. The molecule has 28 heavy (non-hydrogen) atoms. The van der Waals surface area contributed by atoms with Gasteiger partial charge in [-0.25, -0.2) is 4.98 Å². The fraction of sp³-hybridized carbons (Fsp3) is 0.381. The van der Waals surface area contributed by atoms with Crippen LogP contribution in [-0.2, 0) is 7.05 Å². The van der Waals surface area contributed by atoms with Crippen molar-refractivity contribution < 1.29 is 9.21 Å². The largest absolute Gasteiger partial charge is 0.459 e. The molecular formula is C21H24ClN3O3. The molecule has 1 atom stereocenters. The number of carbonyl (C=O) groups is 1. The molecule has 3 aromatic rings. The average molecular weight is 402 g/mol. The number of benzene rings is 1. The van der Waals surface area contributed by atoms with Crippen LogP contribution in [0.15, 0.2) is 45.8 Å². The molecule has 3 rings (SSSR count). The van der Waals surface area contributed by atoms with Crippen molar-refractivity contribution in [2.75, 3.05) is 6.54 Å². The quantitative estimate of drug-likeness (QED) is 0.543. The number of nitrogens with zero attached hydrogens (tertiary/aromatic N) is 3. The third-order valence-electron chi connectivity index (χ3n) is 4.91. The second kappa shape index (κ2) is 8.61. The number of carbonyl (C=O) groups excluding carboxylic acids is 1. The fourth-order valence-electron chi connectivity index (χ4n) is 3.32.